The Balaban J connectivity index is 1.53. The van der Waals surface area contributed by atoms with Gasteiger partial charge in [-0.1, -0.05) is 54.7 Å². The van der Waals surface area contributed by atoms with Crippen molar-refractivity contribution in [2.75, 3.05) is 0 Å². The van der Waals surface area contributed by atoms with Crippen molar-refractivity contribution >= 4 is 6.09 Å². The molecule has 1 aromatic rings. The van der Waals surface area contributed by atoms with E-state index in [-0.39, 0.29) is 18.2 Å². The molecule has 28 heavy (non-hydrogen) atoms. The van der Waals surface area contributed by atoms with Crippen LogP contribution >= 0.6 is 0 Å². The van der Waals surface area contributed by atoms with Gasteiger partial charge in [-0.2, -0.15) is 0 Å². The van der Waals surface area contributed by atoms with Crippen molar-refractivity contribution in [2.24, 2.45) is 5.11 Å². The van der Waals surface area contributed by atoms with Gasteiger partial charge in [0.25, 0.3) is 0 Å². The summed E-state index contributed by atoms with van der Waals surface area (Å²) >= 11 is 0. The van der Waals surface area contributed by atoms with Crippen molar-refractivity contribution in [3.8, 4) is 0 Å². The SMILES string of the molecule is C[C@H]1O[C@@H](OC2CCCCC2)[C@H](N=[N+]=[N-])[C@H]2OC(=O)N(Cc3ccccc3)[C@H]21. The van der Waals surface area contributed by atoms with Crippen LogP contribution in [0.2, 0.25) is 0 Å². The van der Waals surface area contributed by atoms with Crippen molar-refractivity contribution in [1.82, 2.24) is 4.90 Å². The van der Waals surface area contributed by atoms with E-state index in [1.165, 1.54) is 6.42 Å². The molecule has 2 saturated heterocycles. The molecule has 5 atom stereocenters. The van der Waals surface area contributed by atoms with E-state index >= 15 is 0 Å². The molecule has 3 aliphatic rings. The summed E-state index contributed by atoms with van der Waals surface area (Å²) in [5, 5.41) is 3.91. The first-order chi connectivity index (χ1) is 13.7. The molecule has 2 aliphatic heterocycles. The van der Waals surface area contributed by atoms with Crippen LogP contribution in [0.25, 0.3) is 10.4 Å². The predicted octanol–water partition coefficient (Wildman–Crippen LogP) is 4.15. The van der Waals surface area contributed by atoms with Crippen molar-refractivity contribution in [3.05, 3.63) is 46.3 Å². The Bertz CT molecular complexity index is 733. The van der Waals surface area contributed by atoms with Gasteiger partial charge >= 0.3 is 6.09 Å². The van der Waals surface area contributed by atoms with E-state index in [1.807, 2.05) is 37.3 Å². The average Bonchev–Trinajstić information content (AvgIpc) is 3.03. The molecule has 1 aromatic carbocycles. The van der Waals surface area contributed by atoms with Gasteiger partial charge < -0.3 is 14.2 Å². The second kappa shape index (κ2) is 8.39. The second-order valence-electron chi connectivity index (χ2n) is 7.75. The van der Waals surface area contributed by atoms with Crippen LogP contribution < -0.4 is 0 Å². The highest BCUT2D eigenvalue weighted by Crippen LogP contribution is 2.37. The summed E-state index contributed by atoms with van der Waals surface area (Å²) in [5.41, 5.74) is 10.1. The van der Waals surface area contributed by atoms with Crippen LogP contribution in [0.5, 0.6) is 0 Å². The standard InChI is InChI=1S/C20H26N4O4/c1-13-17-18(28-20(25)24(17)12-14-8-4-2-5-9-14)16(22-23-21)19(26-13)27-15-10-6-3-7-11-15/h2,4-5,8-9,13,15-19H,3,6-7,10-12H2,1H3/t13-,16-,17+,18-,19+/m1/s1. The molecule has 8 heteroatoms. The second-order valence-corrected chi connectivity index (χ2v) is 7.75. The quantitative estimate of drug-likeness (QED) is 0.431. The molecule has 4 rings (SSSR count). The molecule has 0 unspecified atom stereocenters. The van der Waals surface area contributed by atoms with Crippen LogP contribution in [-0.2, 0) is 20.8 Å². The van der Waals surface area contributed by atoms with Crippen LogP contribution in [0.4, 0.5) is 4.79 Å². The summed E-state index contributed by atoms with van der Waals surface area (Å²) in [6.07, 6.45) is 3.55. The Morgan fingerprint density at radius 3 is 2.71 bits per heavy atom. The number of azide groups is 1. The first-order valence-electron chi connectivity index (χ1n) is 10.0. The number of hydrogen-bond acceptors (Lipinski definition) is 5. The smallest absolute Gasteiger partial charge is 0.410 e. The molecule has 0 spiro atoms. The van der Waals surface area contributed by atoms with Gasteiger partial charge in [-0.05, 0) is 30.9 Å². The van der Waals surface area contributed by atoms with E-state index < -0.39 is 24.5 Å². The molecule has 0 N–H and O–H groups in total. The van der Waals surface area contributed by atoms with Gasteiger partial charge in [0.2, 0.25) is 0 Å². The van der Waals surface area contributed by atoms with Crippen LogP contribution in [0.3, 0.4) is 0 Å². The molecule has 1 saturated carbocycles. The highest BCUT2D eigenvalue weighted by molar-refractivity contribution is 5.71. The number of benzene rings is 1. The van der Waals surface area contributed by atoms with Gasteiger partial charge in [0.15, 0.2) is 6.29 Å². The summed E-state index contributed by atoms with van der Waals surface area (Å²) < 4.78 is 18.0. The van der Waals surface area contributed by atoms with Gasteiger partial charge in [0.05, 0.1) is 18.2 Å². The zero-order chi connectivity index (χ0) is 19.5. The summed E-state index contributed by atoms with van der Waals surface area (Å²) in [6.45, 7) is 2.34. The highest BCUT2D eigenvalue weighted by atomic mass is 16.7. The number of amides is 1. The largest absolute Gasteiger partial charge is 0.443 e. The fourth-order valence-electron chi connectivity index (χ4n) is 4.51. The van der Waals surface area contributed by atoms with E-state index in [2.05, 4.69) is 10.0 Å². The lowest BCUT2D eigenvalue weighted by Crippen LogP contribution is -2.59. The van der Waals surface area contributed by atoms with Crippen LogP contribution in [0.1, 0.15) is 44.6 Å². The van der Waals surface area contributed by atoms with Crippen molar-refractivity contribution in [3.63, 3.8) is 0 Å². The lowest BCUT2D eigenvalue weighted by molar-refractivity contribution is -0.247. The van der Waals surface area contributed by atoms with Crippen molar-refractivity contribution in [2.45, 2.75) is 82.3 Å². The summed E-state index contributed by atoms with van der Waals surface area (Å²) in [6, 6.07) is 8.72. The maximum absolute atomic E-state index is 12.6. The maximum atomic E-state index is 12.6. The monoisotopic (exact) mass is 386 g/mol. The number of rotatable bonds is 5. The molecular weight excluding hydrogens is 360 g/mol. The molecule has 150 valence electrons. The minimum absolute atomic E-state index is 0.0939. The van der Waals surface area contributed by atoms with Gasteiger partial charge in [-0.15, -0.1) is 0 Å². The molecule has 0 radical (unpaired) electrons. The fraction of sp³-hybridized carbons (Fsp3) is 0.650. The fourth-order valence-corrected chi connectivity index (χ4v) is 4.51. The average molecular weight is 386 g/mol. The zero-order valence-electron chi connectivity index (χ0n) is 16.0. The number of hydrogen-bond donors (Lipinski definition) is 0. The Hall–Kier alpha value is -2.28. The lowest BCUT2D eigenvalue weighted by atomic mass is 9.94. The van der Waals surface area contributed by atoms with E-state index in [0.29, 0.717) is 6.54 Å². The Morgan fingerprint density at radius 2 is 2.00 bits per heavy atom. The topological polar surface area (TPSA) is 96.8 Å². The lowest BCUT2D eigenvalue weighted by Gasteiger charge is -2.42. The Kier molecular flexibility index (Phi) is 5.71. The molecule has 1 amide bonds. The van der Waals surface area contributed by atoms with Crippen molar-refractivity contribution in [1.29, 1.82) is 0 Å². The summed E-state index contributed by atoms with van der Waals surface area (Å²) in [7, 11) is 0. The summed E-state index contributed by atoms with van der Waals surface area (Å²) in [4.78, 5) is 17.3. The molecule has 2 heterocycles. The molecular formula is C20H26N4O4. The number of carbonyl (C=O) groups is 1. The molecule has 3 fully saturated rings. The third kappa shape index (κ3) is 3.81. The Morgan fingerprint density at radius 1 is 1.25 bits per heavy atom. The van der Waals surface area contributed by atoms with Gasteiger partial charge in [0, 0.05) is 11.5 Å². The van der Waals surface area contributed by atoms with Crippen LogP contribution in [0.15, 0.2) is 35.4 Å². The van der Waals surface area contributed by atoms with Gasteiger partial charge in [-0.3, -0.25) is 4.90 Å². The Labute approximate surface area is 164 Å². The molecule has 0 aromatic heterocycles. The zero-order valence-corrected chi connectivity index (χ0v) is 16.0. The third-order valence-corrected chi connectivity index (χ3v) is 5.87. The molecule has 0 bridgehead atoms. The molecule has 1 aliphatic carbocycles. The van der Waals surface area contributed by atoms with Crippen LogP contribution in [-0.4, -0.2) is 47.7 Å². The highest BCUT2D eigenvalue weighted by Gasteiger charge is 2.55. The number of fused-ring (bicyclic) bond motifs is 1. The maximum Gasteiger partial charge on any atom is 0.410 e. The summed E-state index contributed by atoms with van der Waals surface area (Å²) in [5.74, 6) is 0. The van der Waals surface area contributed by atoms with Crippen LogP contribution in [0, 0.1) is 0 Å². The van der Waals surface area contributed by atoms with E-state index in [1.54, 1.807) is 4.90 Å². The number of ether oxygens (including phenoxy) is 3. The number of carbonyl (C=O) groups excluding carboxylic acids is 1. The molecule has 8 nitrogen and oxygen atoms in total. The van der Waals surface area contributed by atoms with E-state index in [9.17, 15) is 4.79 Å². The third-order valence-electron chi connectivity index (χ3n) is 5.87. The van der Waals surface area contributed by atoms with Crippen molar-refractivity contribution < 1.29 is 19.0 Å². The first kappa shape index (κ1) is 19.1. The van der Waals surface area contributed by atoms with Gasteiger partial charge in [-0.25, -0.2) is 4.79 Å². The van der Waals surface area contributed by atoms with E-state index in [4.69, 9.17) is 19.7 Å². The minimum Gasteiger partial charge on any atom is -0.443 e. The van der Waals surface area contributed by atoms with E-state index in [0.717, 1.165) is 31.2 Å². The predicted molar refractivity (Wildman–Crippen MR) is 101 cm³/mol. The number of nitrogens with zero attached hydrogens (tertiary/aromatic N) is 4. The first-order valence-corrected chi connectivity index (χ1v) is 10.0. The normalized spacial score (nSPS) is 33.1. The minimum atomic E-state index is -0.696. The van der Waals surface area contributed by atoms with Gasteiger partial charge in [0.1, 0.15) is 12.1 Å².